The van der Waals surface area contributed by atoms with Crippen LogP contribution in [0.15, 0.2) is 65.5 Å². The van der Waals surface area contributed by atoms with Crippen LogP contribution < -0.4 is 10.6 Å². The van der Waals surface area contributed by atoms with Crippen LogP contribution in [0.25, 0.3) is 0 Å². The van der Waals surface area contributed by atoms with Crippen LogP contribution in [0, 0.1) is 6.92 Å². The molecule has 0 aliphatic carbocycles. The zero-order valence-corrected chi connectivity index (χ0v) is 14.4. The molecule has 132 valence electrons. The second-order valence-corrected chi connectivity index (χ2v) is 5.89. The lowest BCUT2D eigenvalue weighted by Gasteiger charge is -2.07. The molecule has 6 nitrogen and oxygen atoms in total. The first-order valence-electron chi connectivity index (χ1n) is 8.21. The van der Waals surface area contributed by atoms with Gasteiger partial charge in [-0.15, -0.1) is 0 Å². The zero-order valence-electron chi connectivity index (χ0n) is 14.4. The summed E-state index contributed by atoms with van der Waals surface area (Å²) in [5.74, 6) is 0.0548. The molecule has 1 aromatic carbocycles. The second-order valence-electron chi connectivity index (χ2n) is 5.89. The third-order valence-corrected chi connectivity index (χ3v) is 3.84. The Balaban J connectivity index is 1.59. The smallest absolute Gasteiger partial charge is 0.253 e. The highest BCUT2D eigenvalue weighted by Gasteiger charge is 2.11. The number of nitrogens with one attached hydrogen (secondary N) is 2. The molecule has 0 saturated carbocycles. The van der Waals surface area contributed by atoms with E-state index in [4.69, 9.17) is 4.42 Å². The van der Waals surface area contributed by atoms with E-state index < -0.39 is 0 Å². The number of hydrogen-bond acceptors (Lipinski definition) is 4. The maximum absolute atomic E-state index is 12.3. The molecule has 2 N–H and O–H groups in total. The molecule has 3 rings (SSSR count). The Kier molecular flexibility index (Phi) is 5.43. The Hall–Kier alpha value is -3.41. The topological polar surface area (TPSA) is 84.2 Å². The fraction of sp³-hybridized carbons (Fsp3) is 0.150. The van der Waals surface area contributed by atoms with Gasteiger partial charge in [0, 0.05) is 18.9 Å². The fourth-order valence-electron chi connectivity index (χ4n) is 2.36. The van der Waals surface area contributed by atoms with Crippen molar-refractivity contribution in [1.82, 2.24) is 15.6 Å². The summed E-state index contributed by atoms with van der Waals surface area (Å²) in [7, 11) is 0. The highest BCUT2D eigenvalue weighted by molar-refractivity contribution is 5.99. The molecule has 2 aromatic heterocycles. The van der Waals surface area contributed by atoms with E-state index in [1.807, 2.05) is 31.2 Å². The molecule has 2 amide bonds. The summed E-state index contributed by atoms with van der Waals surface area (Å²) in [5, 5.41) is 5.56. The van der Waals surface area contributed by atoms with Crippen LogP contribution in [0.1, 0.15) is 37.6 Å². The number of carbonyl (C=O) groups is 2. The van der Waals surface area contributed by atoms with Gasteiger partial charge in [0.25, 0.3) is 11.8 Å². The molecular formula is C20H19N3O3. The number of nitrogens with zero attached hydrogens (tertiary/aromatic N) is 1. The van der Waals surface area contributed by atoms with Crippen molar-refractivity contribution in [3.63, 3.8) is 0 Å². The minimum atomic E-state index is -0.318. The van der Waals surface area contributed by atoms with Gasteiger partial charge in [-0.2, -0.15) is 0 Å². The average Bonchev–Trinajstić information content (AvgIpc) is 3.19. The third kappa shape index (κ3) is 4.57. The molecule has 0 spiro atoms. The Labute approximate surface area is 151 Å². The zero-order chi connectivity index (χ0) is 18.4. The van der Waals surface area contributed by atoms with Gasteiger partial charge in [0.05, 0.1) is 23.9 Å². The van der Waals surface area contributed by atoms with Crippen LogP contribution in [0.5, 0.6) is 0 Å². The maximum Gasteiger partial charge on any atom is 0.253 e. The van der Waals surface area contributed by atoms with E-state index >= 15 is 0 Å². The largest absolute Gasteiger partial charge is 0.467 e. The van der Waals surface area contributed by atoms with E-state index in [1.54, 1.807) is 18.4 Å². The lowest BCUT2D eigenvalue weighted by molar-refractivity contribution is 0.0947. The molecule has 0 aliphatic heterocycles. The molecule has 0 radical (unpaired) electrons. The number of furan rings is 1. The number of hydrogen-bond donors (Lipinski definition) is 2. The van der Waals surface area contributed by atoms with E-state index in [-0.39, 0.29) is 18.4 Å². The first kappa shape index (κ1) is 17.4. The van der Waals surface area contributed by atoms with Gasteiger partial charge < -0.3 is 15.1 Å². The standard InChI is InChI=1S/C20H19N3O3/c1-14-4-6-15(7-5-14)10-22-19(24)16-9-17(12-21-11-16)20(25)23-13-18-3-2-8-26-18/h2-9,11-12H,10,13H2,1H3,(H,22,24)(H,23,25). The van der Waals surface area contributed by atoms with E-state index in [1.165, 1.54) is 18.5 Å². The summed E-state index contributed by atoms with van der Waals surface area (Å²) in [6, 6.07) is 13.0. The Morgan fingerprint density at radius 3 is 2.23 bits per heavy atom. The van der Waals surface area contributed by atoms with Crippen molar-refractivity contribution >= 4 is 11.8 Å². The van der Waals surface area contributed by atoms with Gasteiger partial charge in [0.2, 0.25) is 0 Å². The lowest BCUT2D eigenvalue weighted by atomic mass is 10.1. The van der Waals surface area contributed by atoms with Gasteiger partial charge in [0.15, 0.2) is 0 Å². The molecule has 0 aliphatic rings. The van der Waals surface area contributed by atoms with Crippen molar-refractivity contribution in [2.75, 3.05) is 0 Å². The highest BCUT2D eigenvalue weighted by Crippen LogP contribution is 2.06. The highest BCUT2D eigenvalue weighted by atomic mass is 16.3. The summed E-state index contributed by atoms with van der Waals surface area (Å²) < 4.78 is 5.17. The number of amides is 2. The average molecular weight is 349 g/mol. The van der Waals surface area contributed by atoms with E-state index in [0.717, 1.165) is 11.1 Å². The predicted octanol–water partition coefficient (Wildman–Crippen LogP) is 2.84. The lowest BCUT2D eigenvalue weighted by Crippen LogP contribution is -2.25. The van der Waals surface area contributed by atoms with Gasteiger partial charge in [-0.3, -0.25) is 14.6 Å². The summed E-state index contributed by atoms with van der Waals surface area (Å²) in [6.45, 7) is 2.69. The first-order chi connectivity index (χ1) is 12.6. The molecule has 0 unspecified atom stereocenters. The number of benzene rings is 1. The van der Waals surface area contributed by atoms with Gasteiger partial charge in [-0.1, -0.05) is 29.8 Å². The molecule has 2 heterocycles. The van der Waals surface area contributed by atoms with E-state index in [2.05, 4.69) is 15.6 Å². The number of pyridine rings is 1. The van der Waals surface area contributed by atoms with Gasteiger partial charge >= 0.3 is 0 Å². The molecule has 0 atom stereocenters. The van der Waals surface area contributed by atoms with Crippen molar-refractivity contribution in [2.24, 2.45) is 0 Å². The molecule has 26 heavy (non-hydrogen) atoms. The Bertz CT molecular complexity index is 887. The summed E-state index contributed by atoms with van der Waals surface area (Å²) in [4.78, 5) is 28.5. The summed E-state index contributed by atoms with van der Waals surface area (Å²) in [5.41, 5.74) is 2.82. The van der Waals surface area contributed by atoms with Crippen molar-refractivity contribution in [3.8, 4) is 0 Å². The van der Waals surface area contributed by atoms with Crippen LogP contribution in [0.4, 0.5) is 0 Å². The number of carbonyl (C=O) groups excluding carboxylic acids is 2. The normalized spacial score (nSPS) is 10.3. The number of rotatable bonds is 6. The first-order valence-corrected chi connectivity index (χ1v) is 8.21. The molecule has 3 aromatic rings. The van der Waals surface area contributed by atoms with Crippen LogP contribution >= 0.6 is 0 Å². The molecule has 0 bridgehead atoms. The summed E-state index contributed by atoms with van der Waals surface area (Å²) in [6.07, 6.45) is 4.41. The second kappa shape index (κ2) is 8.11. The van der Waals surface area contributed by atoms with Crippen molar-refractivity contribution in [2.45, 2.75) is 20.0 Å². The Morgan fingerprint density at radius 2 is 1.62 bits per heavy atom. The summed E-state index contributed by atoms with van der Waals surface area (Å²) >= 11 is 0. The molecule has 6 heteroatoms. The van der Waals surface area contributed by atoms with Gasteiger partial charge in [0.1, 0.15) is 5.76 Å². The quantitative estimate of drug-likeness (QED) is 0.717. The Morgan fingerprint density at radius 1 is 0.962 bits per heavy atom. The molecule has 0 saturated heterocycles. The van der Waals surface area contributed by atoms with E-state index in [0.29, 0.717) is 23.4 Å². The van der Waals surface area contributed by atoms with Crippen LogP contribution in [-0.2, 0) is 13.1 Å². The molecular weight excluding hydrogens is 330 g/mol. The monoisotopic (exact) mass is 349 g/mol. The van der Waals surface area contributed by atoms with Gasteiger partial charge in [-0.05, 0) is 30.7 Å². The van der Waals surface area contributed by atoms with Crippen LogP contribution in [0.2, 0.25) is 0 Å². The minimum absolute atomic E-state index is 0.273. The van der Waals surface area contributed by atoms with Crippen molar-refractivity contribution in [3.05, 3.63) is 89.1 Å². The predicted molar refractivity (Wildman–Crippen MR) is 96.5 cm³/mol. The van der Waals surface area contributed by atoms with Crippen LogP contribution in [0.3, 0.4) is 0 Å². The maximum atomic E-state index is 12.3. The van der Waals surface area contributed by atoms with Crippen LogP contribution in [-0.4, -0.2) is 16.8 Å². The number of aryl methyl sites for hydroxylation is 1. The third-order valence-electron chi connectivity index (χ3n) is 3.84. The fourth-order valence-corrected chi connectivity index (χ4v) is 2.36. The van der Waals surface area contributed by atoms with Gasteiger partial charge in [-0.25, -0.2) is 0 Å². The SMILES string of the molecule is Cc1ccc(CNC(=O)c2cncc(C(=O)NCc3ccco3)c2)cc1. The number of aromatic nitrogens is 1. The minimum Gasteiger partial charge on any atom is -0.467 e. The van der Waals surface area contributed by atoms with Crippen molar-refractivity contribution in [1.29, 1.82) is 0 Å². The van der Waals surface area contributed by atoms with Crippen molar-refractivity contribution < 1.29 is 14.0 Å². The van der Waals surface area contributed by atoms with E-state index in [9.17, 15) is 9.59 Å². The molecule has 0 fully saturated rings.